The van der Waals surface area contributed by atoms with Crippen LogP contribution in [0.5, 0.6) is 0 Å². The summed E-state index contributed by atoms with van der Waals surface area (Å²) in [6.07, 6.45) is 8.32. The molecule has 4 rings (SSSR count). The predicted octanol–water partition coefficient (Wildman–Crippen LogP) is 8.30. The van der Waals surface area contributed by atoms with Crippen molar-refractivity contribution in [3.8, 4) is 0 Å². The standard InChI is InChI=1S/C33H45NO4Si/c1-21(2)28-25(29(35)22-12-14-23(15-13-22)30(36)37)18-24-26(19-32(6,7)20-27(24)34-28)33(16-10-11-17-33)38-39(8,9)31(3,4)5/h10,12-16,18,21,26H,11,17,19-20H2,1-9H3,(H,36,37). The number of carboxylic acids is 1. The fourth-order valence-electron chi connectivity index (χ4n) is 5.94. The van der Waals surface area contributed by atoms with E-state index in [1.54, 1.807) is 12.1 Å². The third-order valence-corrected chi connectivity index (χ3v) is 13.6. The first-order valence-electron chi connectivity index (χ1n) is 14.3. The highest BCUT2D eigenvalue weighted by atomic mass is 28.4. The van der Waals surface area contributed by atoms with E-state index >= 15 is 0 Å². The predicted molar refractivity (Wildman–Crippen MR) is 159 cm³/mol. The second-order valence-electron chi connectivity index (χ2n) is 14.2. The van der Waals surface area contributed by atoms with Crippen LogP contribution in [0.15, 0.2) is 42.5 Å². The first kappa shape index (κ1) is 29.4. The van der Waals surface area contributed by atoms with E-state index in [4.69, 9.17) is 9.41 Å². The summed E-state index contributed by atoms with van der Waals surface area (Å²) in [5.74, 6) is -0.955. The molecular formula is C33H45NO4Si. The number of aromatic nitrogens is 1. The Morgan fingerprint density at radius 2 is 1.72 bits per heavy atom. The van der Waals surface area contributed by atoms with Crippen LogP contribution < -0.4 is 0 Å². The fourth-order valence-corrected chi connectivity index (χ4v) is 7.51. The number of benzene rings is 1. The minimum atomic E-state index is -2.11. The van der Waals surface area contributed by atoms with Crippen molar-refractivity contribution in [1.82, 2.24) is 4.98 Å². The molecule has 2 aromatic rings. The Balaban J connectivity index is 1.88. The number of ketones is 1. The van der Waals surface area contributed by atoms with Crippen LogP contribution in [-0.4, -0.2) is 35.8 Å². The van der Waals surface area contributed by atoms with Crippen molar-refractivity contribution in [1.29, 1.82) is 0 Å². The lowest BCUT2D eigenvalue weighted by Crippen LogP contribution is -2.52. The Hall–Kier alpha value is -2.57. The zero-order valence-corrected chi connectivity index (χ0v) is 26.1. The minimum absolute atomic E-state index is 0.0529. The smallest absolute Gasteiger partial charge is 0.335 e. The molecule has 2 aliphatic rings. The molecular weight excluding hydrogens is 502 g/mol. The van der Waals surface area contributed by atoms with E-state index in [0.29, 0.717) is 11.1 Å². The van der Waals surface area contributed by atoms with Crippen molar-refractivity contribution in [3.63, 3.8) is 0 Å². The Morgan fingerprint density at radius 1 is 1.10 bits per heavy atom. The molecule has 1 aromatic carbocycles. The molecule has 0 saturated carbocycles. The van der Waals surface area contributed by atoms with E-state index in [-0.39, 0.29) is 33.6 Å². The molecule has 0 bridgehead atoms. The van der Waals surface area contributed by atoms with E-state index in [0.717, 1.165) is 42.6 Å². The highest BCUT2D eigenvalue weighted by Crippen LogP contribution is 2.54. The second kappa shape index (κ2) is 10.1. The third-order valence-electron chi connectivity index (χ3n) is 9.07. The number of nitrogens with zero attached hydrogens (tertiary/aromatic N) is 1. The largest absolute Gasteiger partial charge is 0.478 e. The second-order valence-corrected chi connectivity index (χ2v) is 18.9. The Kier molecular flexibility index (Phi) is 7.63. The van der Waals surface area contributed by atoms with Crippen LogP contribution in [-0.2, 0) is 10.8 Å². The maximum absolute atomic E-state index is 13.9. The van der Waals surface area contributed by atoms with E-state index in [2.05, 4.69) is 79.8 Å². The lowest BCUT2D eigenvalue weighted by Gasteiger charge is -2.50. The van der Waals surface area contributed by atoms with Crippen molar-refractivity contribution >= 4 is 20.1 Å². The summed E-state index contributed by atoms with van der Waals surface area (Å²) in [6, 6.07) is 8.31. The lowest BCUT2D eigenvalue weighted by molar-refractivity contribution is 0.0470. The number of carbonyl (C=O) groups is 2. The van der Waals surface area contributed by atoms with Gasteiger partial charge in [0.15, 0.2) is 14.1 Å². The quantitative estimate of drug-likeness (QED) is 0.214. The van der Waals surface area contributed by atoms with Gasteiger partial charge in [-0.3, -0.25) is 9.78 Å². The molecule has 2 unspecified atom stereocenters. The van der Waals surface area contributed by atoms with E-state index in [1.165, 1.54) is 12.1 Å². The summed E-state index contributed by atoms with van der Waals surface area (Å²) in [7, 11) is -2.11. The van der Waals surface area contributed by atoms with Gasteiger partial charge in [0, 0.05) is 22.7 Å². The molecule has 0 radical (unpaired) electrons. The van der Waals surface area contributed by atoms with Crippen molar-refractivity contribution < 1.29 is 19.1 Å². The molecule has 1 N–H and O–H groups in total. The molecule has 2 aliphatic carbocycles. The lowest BCUT2D eigenvalue weighted by atomic mass is 9.64. The maximum Gasteiger partial charge on any atom is 0.335 e. The Labute approximate surface area is 235 Å². The summed E-state index contributed by atoms with van der Waals surface area (Å²) in [5.41, 5.74) is 3.91. The number of allylic oxidation sites excluding steroid dienone is 1. The monoisotopic (exact) mass is 547 g/mol. The molecule has 0 amide bonds. The van der Waals surface area contributed by atoms with Crippen LogP contribution in [0.25, 0.3) is 0 Å². The van der Waals surface area contributed by atoms with Crippen LogP contribution in [0, 0.1) is 5.41 Å². The van der Waals surface area contributed by atoms with Gasteiger partial charge in [-0.25, -0.2) is 4.79 Å². The van der Waals surface area contributed by atoms with Crippen LogP contribution in [0.3, 0.4) is 0 Å². The van der Waals surface area contributed by atoms with Crippen molar-refractivity contribution in [2.75, 3.05) is 0 Å². The van der Waals surface area contributed by atoms with Gasteiger partial charge in [-0.05, 0) is 78.9 Å². The van der Waals surface area contributed by atoms with Crippen LogP contribution in [0.4, 0.5) is 0 Å². The number of hydrogen-bond acceptors (Lipinski definition) is 4. The summed E-state index contributed by atoms with van der Waals surface area (Å²) < 4.78 is 7.32. The van der Waals surface area contributed by atoms with E-state index in [1.807, 2.05) is 0 Å². The Morgan fingerprint density at radius 3 is 2.23 bits per heavy atom. The molecule has 5 nitrogen and oxygen atoms in total. The number of fused-ring (bicyclic) bond motifs is 1. The normalized spacial score (nSPS) is 22.7. The highest BCUT2D eigenvalue weighted by Gasteiger charge is 2.51. The number of hydrogen-bond donors (Lipinski definition) is 1. The van der Waals surface area contributed by atoms with Crippen LogP contribution in [0.1, 0.15) is 123 Å². The van der Waals surface area contributed by atoms with Gasteiger partial charge in [0.05, 0.1) is 16.9 Å². The van der Waals surface area contributed by atoms with Gasteiger partial charge in [-0.2, -0.15) is 0 Å². The number of carbonyl (C=O) groups excluding carboxylic acids is 1. The van der Waals surface area contributed by atoms with Gasteiger partial charge in [0.1, 0.15) is 0 Å². The first-order chi connectivity index (χ1) is 18.0. The van der Waals surface area contributed by atoms with Gasteiger partial charge in [0.25, 0.3) is 0 Å². The topological polar surface area (TPSA) is 76.5 Å². The van der Waals surface area contributed by atoms with Crippen molar-refractivity contribution in [3.05, 3.63) is 76.1 Å². The van der Waals surface area contributed by atoms with Crippen LogP contribution in [0.2, 0.25) is 18.1 Å². The maximum atomic E-state index is 13.9. The van der Waals surface area contributed by atoms with Gasteiger partial charge in [0.2, 0.25) is 0 Å². The molecule has 0 spiro atoms. The molecule has 0 fully saturated rings. The number of rotatable bonds is 7. The number of aromatic carboxylic acids is 1. The average molecular weight is 548 g/mol. The average Bonchev–Trinajstić information content (AvgIpc) is 3.30. The van der Waals surface area contributed by atoms with E-state index < -0.39 is 19.9 Å². The zero-order valence-electron chi connectivity index (χ0n) is 25.1. The van der Waals surface area contributed by atoms with Gasteiger partial charge < -0.3 is 9.53 Å². The van der Waals surface area contributed by atoms with Crippen LogP contribution >= 0.6 is 0 Å². The van der Waals surface area contributed by atoms with Gasteiger partial charge >= 0.3 is 5.97 Å². The van der Waals surface area contributed by atoms with Gasteiger partial charge in [-0.15, -0.1) is 0 Å². The molecule has 6 heteroatoms. The molecule has 0 saturated heterocycles. The molecule has 0 aliphatic heterocycles. The minimum Gasteiger partial charge on any atom is -0.478 e. The summed E-state index contributed by atoms with van der Waals surface area (Å²) in [5, 5.41) is 9.38. The van der Waals surface area contributed by atoms with Crippen molar-refractivity contribution in [2.45, 2.75) is 110 Å². The SMILES string of the molecule is CC(C)c1nc2c(cc1C(=O)c1ccc(C(=O)O)cc1)C(C1(O[Si](C)(C)C(C)(C)C)C=CCC1)CC(C)(C)C2. The molecule has 39 heavy (non-hydrogen) atoms. The number of pyridine rings is 1. The molecule has 2 atom stereocenters. The number of carboxylic acid groups (broad SMARTS) is 1. The van der Waals surface area contributed by atoms with E-state index in [9.17, 15) is 14.7 Å². The third kappa shape index (κ3) is 5.69. The summed E-state index contributed by atoms with van der Waals surface area (Å²) in [6.45, 7) is 20.3. The summed E-state index contributed by atoms with van der Waals surface area (Å²) >= 11 is 0. The molecule has 210 valence electrons. The first-order valence-corrected chi connectivity index (χ1v) is 17.2. The fraction of sp³-hybridized carbons (Fsp3) is 0.545. The molecule has 1 aromatic heterocycles. The molecule has 1 heterocycles. The highest BCUT2D eigenvalue weighted by molar-refractivity contribution is 6.74. The van der Waals surface area contributed by atoms with Gasteiger partial charge in [-0.1, -0.05) is 72.8 Å². The Bertz CT molecular complexity index is 1300. The summed E-state index contributed by atoms with van der Waals surface area (Å²) in [4.78, 5) is 30.5. The van der Waals surface area contributed by atoms with Crippen molar-refractivity contribution in [2.24, 2.45) is 5.41 Å². The zero-order chi connectivity index (χ0) is 29.0.